The van der Waals surface area contributed by atoms with Crippen LogP contribution in [0, 0.1) is 23.7 Å². The summed E-state index contributed by atoms with van der Waals surface area (Å²) in [6.07, 6.45) is 32.8. The standard InChI is InChI=1S/C26H46/c1-3-5-7-11-23-15-19-25(20-16-23)13-9-10-14-26-21-17-24(18-22-26)12-8-6-4-2/h7,9-11,23-26H,3-6,8,12-22H2,1-2H3/b10-9-,11-7+. The average Bonchev–Trinajstić information content (AvgIpc) is 2.68. The van der Waals surface area contributed by atoms with E-state index < -0.39 is 0 Å². The summed E-state index contributed by atoms with van der Waals surface area (Å²) >= 11 is 0. The van der Waals surface area contributed by atoms with E-state index in [2.05, 4.69) is 38.2 Å². The van der Waals surface area contributed by atoms with Crippen LogP contribution in [0.15, 0.2) is 24.3 Å². The molecule has 0 aromatic rings. The predicted octanol–water partition coefficient (Wildman–Crippen LogP) is 8.87. The van der Waals surface area contributed by atoms with Crippen LogP contribution in [0.4, 0.5) is 0 Å². The van der Waals surface area contributed by atoms with Crippen LogP contribution >= 0.6 is 0 Å². The Hall–Kier alpha value is -0.520. The average molecular weight is 359 g/mol. The molecule has 0 spiro atoms. The lowest BCUT2D eigenvalue weighted by molar-refractivity contribution is 0.259. The molecule has 0 bridgehead atoms. The second-order valence-corrected chi connectivity index (χ2v) is 9.32. The molecule has 0 aliphatic heterocycles. The molecule has 0 atom stereocenters. The Balaban J connectivity index is 1.51. The lowest BCUT2D eigenvalue weighted by atomic mass is 9.78. The smallest absolute Gasteiger partial charge is 0.0233 e. The van der Waals surface area contributed by atoms with Gasteiger partial charge in [-0.25, -0.2) is 0 Å². The minimum Gasteiger partial charge on any atom is -0.0883 e. The summed E-state index contributed by atoms with van der Waals surface area (Å²) in [7, 11) is 0. The van der Waals surface area contributed by atoms with Gasteiger partial charge in [-0.3, -0.25) is 0 Å². The van der Waals surface area contributed by atoms with Crippen molar-refractivity contribution in [3.63, 3.8) is 0 Å². The van der Waals surface area contributed by atoms with Crippen LogP contribution in [0.1, 0.15) is 117 Å². The number of allylic oxidation sites excluding steroid dienone is 4. The van der Waals surface area contributed by atoms with Gasteiger partial charge in [0.25, 0.3) is 0 Å². The van der Waals surface area contributed by atoms with Gasteiger partial charge in [0.05, 0.1) is 0 Å². The fourth-order valence-electron chi connectivity index (χ4n) is 5.09. The highest BCUT2D eigenvalue weighted by molar-refractivity contribution is 4.93. The molecule has 0 N–H and O–H groups in total. The van der Waals surface area contributed by atoms with E-state index in [0.717, 1.165) is 23.7 Å². The third-order valence-electron chi connectivity index (χ3n) is 7.04. The van der Waals surface area contributed by atoms with Crippen molar-refractivity contribution in [1.29, 1.82) is 0 Å². The first-order chi connectivity index (χ1) is 12.8. The molecule has 0 saturated heterocycles. The molecule has 0 unspecified atom stereocenters. The Labute approximate surface area is 164 Å². The second-order valence-electron chi connectivity index (χ2n) is 9.32. The van der Waals surface area contributed by atoms with Crippen LogP contribution in [0.25, 0.3) is 0 Å². The molecule has 2 aliphatic rings. The van der Waals surface area contributed by atoms with E-state index >= 15 is 0 Å². The Morgan fingerprint density at radius 1 is 0.615 bits per heavy atom. The largest absolute Gasteiger partial charge is 0.0883 e. The summed E-state index contributed by atoms with van der Waals surface area (Å²) in [5, 5.41) is 0. The topological polar surface area (TPSA) is 0 Å². The molecule has 2 rings (SSSR count). The second kappa shape index (κ2) is 13.6. The molecule has 0 amide bonds. The summed E-state index contributed by atoms with van der Waals surface area (Å²) in [4.78, 5) is 0. The maximum Gasteiger partial charge on any atom is -0.0233 e. The Morgan fingerprint density at radius 2 is 1.19 bits per heavy atom. The van der Waals surface area contributed by atoms with Gasteiger partial charge in [0.2, 0.25) is 0 Å². The van der Waals surface area contributed by atoms with E-state index in [-0.39, 0.29) is 0 Å². The first-order valence-corrected chi connectivity index (χ1v) is 12.1. The maximum absolute atomic E-state index is 2.54. The van der Waals surface area contributed by atoms with Gasteiger partial charge >= 0.3 is 0 Å². The molecule has 2 saturated carbocycles. The minimum atomic E-state index is 0.884. The summed E-state index contributed by atoms with van der Waals surface area (Å²) < 4.78 is 0. The molecule has 26 heavy (non-hydrogen) atoms. The van der Waals surface area contributed by atoms with Crippen molar-refractivity contribution in [1.82, 2.24) is 0 Å². The molecule has 0 aromatic carbocycles. The SMILES string of the molecule is CCC/C=C/C1CCC(C/C=C\CC2CCC(CCCCC)CC2)CC1. The van der Waals surface area contributed by atoms with Gasteiger partial charge < -0.3 is 0 Å². The molecular formula is C26H46. The summed E-state index contributed by atoms with van der Waals surface area (Å²) in [5.41, 5.74) is 0. The van der Waals surface area contributed by atoms with Gasteiger partial charge in [-0.05, 0) is 81.5 Å². The van der Waals surface area contributed by atoms with E-state index in [9.17, 15) is 0 Å². The monoisotopic (exact) mass is 358 g/mol. The normalized spacial score (nSPS) is 30.4. The molecule has 0 heterocycles. The zero-order chi connectivity index (χ0) is 18.5. The summed E-state index contributed by atoms with van der Waals surface area (Å²) in [6, 6.07) is 0. The van der Waals surface area contributed by atoms with Gasteiger partial charge in [-0.1, -0.05) is 83.1 Å². The molecule has 0 aromatic heterocycles. The Kier molecular flexibility index (Phi) is 11.4. The zero-order valence-corrected chi connectivity index (χ0v) is 17.9. The highest BCUT2D eigenvalue weighted by Gasteiger charge is 2.20. The van der Waals surface area contributed by atoms with Gasteiger partial charge in [-0.15, -0.1) is 0 Å². The van der Waals surface area contributed by atoms with Gasteiger partial charge in [0.1, 0.15) is 0 Å². The van der Waals surface area contributed by atoms with Crippen molar-refractivity contribution < 1.29 is 0 Å². The van der Waals surface area contributed by atoms with E-state index in [1.54, 1.807) is 0 Å². The molecule has 2 aliphatic carbocycles. The van der Waals surface area contributed by atoms with Gasteiger partial charge in [0, 0.05) is 0 Å². The van der Waals surface area contributed by atoms with Crippen LogP contribution in [-0.4, -0.2) is 0 Å². The Bertz CT molecular complexity index is 375. The van der Waals surface area contributed by atoms with E-state index in [4.69, 9.17) is 0 Å². The molecule has 0 radical (unpaired) electrons. The third-order valence-corrected chi connectivity index (χ3v) is 7.04. The highest BCUT2D eigenvalue weighted by atomic mass is 14.3. The first kappa shape index (κ1) is 21.8. The first-order valence-electron chi connectivity index (χ1n) is 12.1. The number of rotatable bonds is 11. The van der Waals surface area contributed by atoms with Crippen LogP contribution < -0.4 is 0 Å². The maximum atomic E-state index is 2.54. The number of hydrogen-bond donors (Lipinski definition) is 0. The van der Waals surface area contributed by atoms with Crippen molar-refractivity contribution >= 4 is 0 Å². The molecule has 0 nitrogen and oxygen atoms in total. The number of unbranched alkanes of at least 4 members (excludes halogenated alkanes) is 3. The fourth-order valence-corrected chi connectivity index (χ4v) is 5.09. The molecular weight excluding hydrogens is 312 g/mol. The highest BCUT2D eigenvalue weighted by Crippen LogP contribution is 2.34. The predicted molar refractivity (Wildman–Crippen MR) is 117 cm³/mol. The van der Waals surface area contributed by atoms with Crippen molar-refractivity contribution in [2.45, 2.75) is 117 Å². The summed E-state index contributed by atoms with van der Waals surface area (Å²) in [5.74, 6) is 3.90. The molecule has 2 fully saturated rings. The molecule has 0 heteroatoms. The van der Waals surface area contributed by atoms with E-state index in [1.165, 1.54) is 103 Å². The Morgan fingerprint density at radius 3 is 1.77 bits per heavy atom. The lowest BCUT2D eigenvalue weighted by Crippen LogP contribution is -2.14. The van der Waals surface area contributed by atoms with Crippen LogP contribution in [-0.2, 0) is 0 Å². The van der Waals surface area contributed by atoms with Crippen molar-refractivity contribution in [2.75, 3.05) is 0 Å². The quantitative estimate of drug-likeness (QED) is 0.255. The summed E-state index contributed by atoms with van der Waals surface area (Å²) in [6.45, 7) is 4.59. The van der Waals surface area contributed by atoms with E-state index in [1.807, 2.05) is 0 Å². The van der Waals surface area contributed by atoms with Gasteiger partial charge in [0.15, 0.2) is 0 Å². The lowest BCUT2D eigenvalue weighted by Gasteiger charge is -2.28. The molecule has 150 valence electrons. The van der Waals surface area contributed by atoms with Crippen LogP contribution in [0.3, 0.4) is 0 Å². The third kappa shape index (κ3) is 8.92. The van der Waals surface area contributed by atoms with Crippen molar-refractivity contribution in [3.8, 4) is 0 Å². The zero-order valence-electron chi connectivity index (χ0n) is 17.9. The van der Waals surface area contributed by atoms with Crippen molar-refractivity contribution in [2.24, 2.45) is 23.7 Å². The van der Waals surface area contributed by atoms with Gasteiger partial charge in [-0.2, -0.15) is 0 Å². The van der Waals surface area contributed by atoms with Crippen LogP contribution in [0.2, 0.25) is 0 Å². The van der Waals surface area contributed by atoms with Crippen molar-refractivity contribution in [3.05, 3.63) is 24.3 Å². The minimum absolute atomic E-state index is 0.884. The fraction of sp³-hybridized carbons (Fsp3) is 0.846. The van der Waals surface area contributed by atoms with E-state index in [0.29, 0.717) is 0 Å². The van der Waals surface area contributed by atoms with Crippen LogP contribution in [0.5, 0.6) is 0 Å². The number of hydrogen-bond acceptors (Lipinski definition) is 0.